The van der Waals surface area contributed by atoms with Gasteiger partial charge < -0.3 is 9.80 Å². The number of hydrogen-bond acceptors (Lipinski definition) is 3. The summed E-state index contributed by atoms with van der Waals surface area (Å²) in [6.07, 6.45) is 4.68. The quantitative estimate of drug-likeness (QED) is 0.755. The number of hydrogen-bond donors (Lipinski definition) is 0. The molecule has 4 nitrogen and oxygen atoms in total. The van der Waals surface area contributed by atoms with Crippen molar-refractivity contribution < 1.29 is 4.58 Å². The first-order valence-electron chi connectivity index (χ1n) is 9.79. The van der Waals surface area contributed by atoms with E-state index >= 15 is 0 Å². The summed E-state index contributed by atoms with van der Waals surface area (Å²) in [4.78, 5) is 4.45. The fourth-order valence-corrected chi connectivity index (χ4v) is 4.20. The molecule has 1 aromatic rings. The molecular formula is C22H31N4+. The Balaban J connectivity index is 2.12. The van der Waals surface area contributed by atoms with E-state index in [0.29, 0.717) is 0 Å². The van der Waals surface area contributed by atoms with Crippen LogP contribution in [-0.2, 0) is 5.41 Å². The van der Waals surface area contributed by atoms with E-state index in [1.54, 1.807) is 0 Å². The van der Waals surface area contributed by atoms with Crippen LogP contribution in [0.2, 0.25) is 0 Å². The second-order valence-electron chi connectivity index (χ2n) is 7.83. The lowest BCUT2D eigenvalue weighted by Crippen LogP contribution is -2.31. The lowest BCUT2D eigenvalue weighted by atomic mass is 9.81. The Morgan fingerprint density at radius 3 is 2.69 bits per heavy atom. The van der Waals surface area contributed by atoms with Crippen LogP contribution < -0.4 is 0 Å². The van der Waals surface area contributed by atoms with Crippen molar-refractivity contribution in [2.75, 3.05) is 26.7 Å². The molecule has 1 atom stereocenters. The summed E-state index contributed by atoms with van der Waals surface area (Å²) < 4.78 is 2.49. The van der Waals surface area contributed by atoms with Gasteiger partial charge in [-0.1, -0.05) is 31.5 Å². The Morgan fingerprint density at radius 1 is 1.31 bits per heavy atom. The topological polar surface area (TPSA) is 33.3 Å². The van der Waals surface area contributed by atoms with Gasteiger partial charge in [0.1, 0.15) is 18.4 Å². The van der Waals surface area contributed by atoms with Crippen molar-refractivity contribution >= 4 is 11.4 Å². The lowest BCUT2D eigenvalue weighted by Gasteiger charge is -2.22. The van der Waals surface area contributed by atoms with Crippen molar-refractivity contribution in [2.45, 2.75) is 52.0 Å². The molecule has 0 saturated carbocycles. The Kier molecular flexibility index (Phi) is 5.09. The smallest absolute Gasteiger partial charge is 0.209 e. The maximum absolute atomic E-state index is 9.48. The van der Waals surface area contributed by atoms with Crippen LogP contribution in [0.4, 0.5) is 5.69 Å². The van der Waals surface area contributed by atoms with Gasteiger partial charge in [-0.2, -0.15) is 9.84 Å². The molecule has 2 heterocycles. The average molecular weight is 352 g/mol. The van der Waals surface area contributed by atoms with Crippen molar-refractivity contribution in [3.8, 4) is 6.07 Å². The van der Waals surface area contributed by atoms with Gasteiger partial charge in [0, 0.05) is 37.7 Å². The predicted molar refractivity (Wildman–Crippen MR) is 107 cm³/mol. The minimum absolute atomic E-state index is 0.0394. The molecule has 4 heteroatoms. The third-order valence-electron chi connectivity index (χ3n) is 5.88. The van der Waals surface area contributed by atoms with Crippen LogP contribution in [0.5, 0.6) is 0 Å². The summed E-state index contributed by atoms with van der Waals surface area (Å²) >= 11 is 0. The first kappa shape index (κ1) is 18.5. The van der Waals surface area contributed by atoms with E-state index < -0.39 is 0 Å². The van der Waals surface area contributed by atoms with Crippen molar-refractivity contribution in [3.63, 3.8) is 0 Å². The first-order chi connectivity index (χ1) is 12.5. The molecule has 1 aromatic carbocycles. The van der Waals surface area contributed by atoms with Gasteiger partial charge in [0.05, 0.1) is 18.0 Å². The summed E-state index contributed by atoms with van der Waals surface area (Å²) in [7, 11) is 2.04. The molecule has 0 spiro atoms. The van der Waals surface area contributed by atoms with Gasteiger partial charge in [-0.15, -0.1) is 0 Å². The van der Waals surface area contributed by atoms with Crippen LogP contribution in [0.15, 0.2) is 36.2 Å². The third kappa shape index (κ3) is 2.90. The van der Waals surface area contributed by atoms with Crippen LogP contribution in [0, 0.1) is 11.3 Å². The molecule has 1 saturated heterocycles. The van der Waals surface area contributed by atoms with Gasteiger partial charge in [-0.3, -0.25) is 0 Å². The van der Waals surface area contributed by atoms with Crippen LogP contribution >= 0.6 is 0 Å². The maximum Gasteiger partial charge on any atom is 0.209 e. The Hall–Kier alpha value is -2.28. The van der Waals surface area contributed by atoms with E-state index in [1.165, 1.54) is 29.8 Å². The first-order valence-corrected chi connectivity index (χ1v) is 9.79. The van der Waals surface area contributed by atoms with E-state index in [4.69, 9.17) is 0 Å². The molecule has 138 valence electrons. The molecule has 2 aliphatic rings. The number of likely N-dealkylation sites (N-methyl/N-ethyl adjacent to an activating group) is 2. The number of nitriles is 1. The molecule has 1 unspecified atom stereocenters. The Labute approximate surface area is 158 Å². The van der Waals surface area contributed by atoms with Crippen molar-refractivity contribution in [1.29, 1.82) is 5.26 Å². The number of fused-ring (bicyclic) bond motifs is 1. The maximum atomic E-state index is 9.48. The number of para-hydroxylation sites is 1. The molecule has 2 aliphatic heterocycles. The van der Waals surface area contributed by atoms with Gasteiger partial charge in [-0.05, 0) is 20.8 Å². The van der Waals surface area contributed by atoms with Crippen LogP contribution in [0.25, 0.3) is 0 Å². The second kappa shape index (κ2) is 7.15. The molecule has 0 amide bonds. The molecule has 0 aliphatic carbocycles. The van der Waals surface area contributed by atoms with Crippen LogP contribution in [0.3, 0.4) is 0 Å². The molecule has 26 heavy (non-hydrogen) atoms. The van der Waals surface area contributed by atoms with E-state index in [1.807, 2.05) is 7.05 Å². The molecule has 0 radical (unpaired) electrons. The van der Waals surface area contributed by atoms with Gasteiger partial charge in [-0.25, -0.2) is 0 Å². The lowest BCUT2D eigenvalue weighted by molar-refractivity contribution is -0.438. The van der Waals surface area contributed by atoms with Gasteiger partial charge in [0.15, 0.2) is 5.71 Å². The molecular weight excluding hydrogens is 320 g/mol. The van der Waals surface area contributed by atoms with Crippen LogP contribution in [0.1, 0.15) is 46.1 Å². The van der Waals surface area contributed by atoms with Gasteiger partial charge >= 0.3 is 0 Å². The molecule has 0 aromatic heterocycles. The number of allylic oxidation sites excluding steroid dienone is 1. The summed E-state index contributed by atoms with van der Waals surface area (Å²) in [6.45, 7) is 11.8. The summed E-state index contributed by atoms with van der Waals surface area (Å²) in [5.41, 5.74) is 4.02. The highest BCUT2D eigenvalue weighted by atomic mass is 15.4. The summed E-state index contributed by atoms with van der Waals surface area (Å²) in [5.74, 6) is 1.16. The largest absolute Gasteiger partial charge is 0.355 e. The van der Waals surface area contributed by atoms with E-state index in [2.05, 4.69) is 78.5 Å². The number of benzene rings is 1. The van der Waals surface area contributed by atoms with Crippen LogP contribution in [-0.4, -0.2) is 52.8 Å². The minimum atomic E-state index is -0.0715. The van der Waals surface area contributed by atoms with Gasteiger partial charge in [0.2, 0.25) is 5.69 Å². The fourth-order valence-electron chi connectivity index (χ4n) is 4.20. The molecule has 0 N–H and O–H groups in total. The van der Waals surface area contributed by atoms with Crippen molar-refractivity contribution in [2.24, 2.45) is 0 Å². The fraction of sp³-hybridized carbons (Fsp3) is 0.545. The zero-order valence-corrected chi connectivity index (χ0v) is 16.8. The summed E-state index contributed by atoms with van der Waals surface area (Å²) in [5, 5.41) is 9.48. The number of rotatable bonds is 5. The second-order valence-corrected chi connectivity index (χ2v) is 7.83. The van der Waals surface area contributed by atoms with Crippen molar-refractivity contribution in [3.05, 3.63) is 41.7 Å². The molecule has 3 rings (SSSR count). The van der Waals surface area contributed by atoms with E-state index in [-0.39, 0.29) is 11.5 Å². The predicted octanol–water partition coefficient (Wildman–Crippen LogP) is 3.86. The SMILES string of the molecule is CCCC[N+]1=C(/C=C2/N(CC)CC(C#N)N2C)C(C)(C)c2ccccc21. The average Bonchev–Trinajstić information content (AvgIpc) is 3.06. The monoisotopic (exact) mass is 351 g/mol. The minimum Gasteiger partial charge on any atom is -0.355 e. The molecule has 1 fully saturated rings. The van der Waals surface area contributed by atoms with Crippen molar-refractivity contribution in [1.82, 2.24) is 9.80 Å². The Morgan fingerprint density at radius 2 is 2.04 bits per heavy atom. The highest BCUT2D eigenvalue weighted by Crippen LogP contribution is 2.40. The van der Waals surface area contributed by atoms with E-state index in [9.17, 15) is 5.26 Å². The zero-order valence-electron chi connectivity index (χ0n) is 16.8. The Bertz CT molecular complexity index is 782. The van der Waals surface area contributed by atoms with E-state index in [0.717, 1.165) is 25.5 Å². The highest BCUT2D eigenvalue weighted by Gasteiger charge is 2.45. The highest BCUT2D eigenvalue weighted by molar-refractivity contribution is 6.03. The summed E-state index contributed by atoms with van der Waals surface area (Å²) in [6, 6.07) is 11.1. The normalized spacial score (nSPS) is 22.9. The zero-order chi connectivity index (χ0) is 18.9. The van der Waals surface area contributed by atoms with Gasteiger partial charge in [0.25, 0.3) is 0 Å². The third-order valence-corrected chi connectivity index (χ3v) is 5.88. The molecule has 0 bridgehead atoms. The number of nitrogens with zero attached hydrogens (tertiary/aromatic N) is 4. The standard InChI is InChI=1S/C22H31N4/c1-6-8-13-26-19-12-10-9-11-18(19)22(3,4)20(26)14-21-24(5)17(15-23)16-25(21)7-2/h9-12,14,17H,6-8,13,16H2,1-5H3/q+1. The number of unbranched alkanes of at least 4 members (excludes halogenated alkanes) is 1.